The molecule has 1 saturated carbocycles. The van der Waals surface area contributed by atoms with E-state index in [1.807, 2.05) is 11.3 Å². The Bertz CT molecular complexity index is 391. The van der Waals surface area contributed by atoms with E-state index in [2.05, 4.69) is 55.0 Å². The molecule has 1 atom stereocenters. The monoisotopic (exact) mass is 308 g/mol. The van der Waals surface area contributed by atoms with Crippen LogP contribution in [0.25, 0.3) is 0 Å². The quantitative estimate of drug-likeness (QED) is 0.813. The summed E-state index contributed by atoms with van der Waals surface area (Å²) in [5, 5.41) is 8.40. The van der Waals surface area contributed by atoms with Crippen molar-refractivity contribution in [3.8, 4) is 0 Å². The first-order valence-corrected chi connectivity index (χ1v) is 9.44. The molecule has 3 heteroatoms. The first kappa shape index (κ1) is 17.0. The fourth-order valence-electron chi connectivity index (χ4n) is 3.78. The van der Waals surface area contributed by atoms with Gasteiger partial charge in [-0.2, -0.15) is 11.3 Å². The largest absolute Gasteiger partial charge is 0.312 e. The van der Waals surface area contributed by atoms with Crippen LogP contribution in [0, 0.1) is 5.92 Å². The van der Waals surface area contributed by atoms with Gasteiger partial charge in [-0.3, -0.25) is 0 Å². The zero-order chi connectivity index (χ0) is 15.3. The molecule has 0 saturated heterocycles. The van der Waals surface area contributed by atoms with Crippen molar-refractivity contribution in [1.82, 2.24) is 10.2 Å². The summed E-state index contributed by atoms with van der Waals surface area (Å²) in [5.41, 5.74) is 1.82. The van der Waals surface area contributed by atoms with Crippen molar-refractivity contribution in [2.75, 3.05) is 20.6 Å². The maximum absolute atomic E-state index is 3.88. The Labute approximate surface area is 134 Å². The van der Waals surface area contributed by atoms with E-state index in [9.17, 15) is 0 Å². The van der Waals surface area contributed by atoms with Crippen molar-refractivity contribution in [2.24, 2.45) is 5.92 Å². The van der Waals surface area contributed by atoms with Gasteiger partial charge in [0.2, 0.25) is 0 Å². The first-order valence-electron chi connectivity index (χ1n) is 8.50. The second-order valence-electron chi connectivity index (χ2n) is 7.02. The Morgan fingerprint density at radius 3 is 2.62 bits per heavy atom. The Balaban J connectivity index is 2.17. The Morgan fingerprint density at radius 1 is 1.38 bits per heavy atom. The summed E-state index contributed by atoms with van der Waals surface area (Å²) in [7, 11) is 4.56. The minimum Gasteiger partial charge on any atom is -0.312 e. The van der Waals surface area contributed by atoms with E-state index in [1.54, 1.807) is 0 Å². The van der Waals surface area contributed by atoms with Crippen LogP contribution in [-0.4, -0.2) is 37.1 Å². The summed E-state index contributed by atoms with van der Waals surface area (Å²) in [6.07, 6.45) is 7.76. The van der Waals surface area contributed by atoms with Crippen LogP contribution in [0.1, 0.15) is 51.5 Å². The molecule has 1 aromatic rings. The minimum absolute atomic E-state index is 0.323. The molecule has 1 unspecified atom stereocenters. The number of rotatable bonds is 7. The van der Waals surface area contributed by atoms with Crippen molar-refractivity contribution >= 4 is 11.3 Å². The summed E-state index contributed by atoms with van der Waals surface area (Å²) < 4.78 is 0. The van der Waals surface area contributed by atoms with Crippen molar-refractivity contribution in [1.29, 1.82) is 0 Å². The summed E-state index contributed by atoms with van der Waals surface area (Å²) in [4.78, 5) is 2.51. The standard InChI is InChI=1S/C18H32N2S/c1-5-11-19-17(13-16-8-12-21-14-16)18(20(3)4)9-6-15(2)7-10-18/h8,12,14-15,17,19H,5-7,9-11,13H2,1-4H3. The molecule has 0 radical (unpaired) electrons. The number of nitrogens with zero attached hydrogens (tertiary/aromatic N) is 1. The van der Waals surface area contributed by atoms with Crippen LogP contribution in [-0.2, 0) is 6.42 Å². The zero-order valence-corrected chi connectivity index (χ0v) is 15.0. The van der Waals surface area contributed by atoms with Crippen molar-refractivity contribution in [2.45, 2.75) is 64.0 Å². The molecule has 1 heterocycles. The average molecular weight is 309 g/mol. The van der Waals surface area contributed by atoms with Gasteiger partial charge in [-0.25, -0.2) is 0 Å². The van der Waals surface area contributed by atoms with Crippen LogP contribution < -0.4 is 5.32 Å². The molecule has 120 valence electrons. The Morgan fingerprint density at radius 2 is 2.10 bits per heavy atom. The van der Waals surface area contributed by atoms with E-state index < -0.39 is 0 Å². The average Bonchev–Trinajstić information content (AvgIpc) is 2.97. The predicted molar refractivity (Wildman–Crippen MR) is 94.2 cm³/mol. The molecule has 21 heavy (non-hydrogen) atoms. The lowest BCUT2D eigenvalue weighted by atomic mass is 9.70. The lowest BCUT2D eigenvalue weighted by Crippen LogP contribution is -2.61. The van der Waals surface area contributed by atoms with Crippen molar-refractivity contribution in [3.05, 3.63) is 22.4 Å². The lowest BCUT2D eigenvalue weighted by molar-refractivity contribution is 0.0435. The normalized spacial score (nSPS) is 28.0. The van der Waals surface area contributed by atoms with Crippen LogP contribution in [0.15, 0.2) is 16.8 Å². The highest BCUT2D eigenvalue weighted by molar-refractivity contribution is 7.07. The third-order valence-electron chi connectivity index (χ3n) is 5.34. The Hall–Kier alpha value is -0.380. The summed E-state index contributed by atoms with van der Waals surface area (Å²) in [6.45, 7) is 5.80. The molecule has 0 aromatic carbocycles. The summed E-state index contributed by atoms with van der Waals surface area (Å²) in [5.74, 6) is 0.894. The molecule has 1 N–H and O–H groups in total. The van der Waals surface area contributed by atoms with Crippen molar-refractivity contribution < 1.29 is 0 Å². The van der Waals surface area contributed by atoms with Gasteiger partial charge in [-0.1, -0.05) is 13.8 Å². The third-order valence-corrected chi connectivity index (χ3v) is 6.07. The van der Waals surface area contributed by atoms with Gasteiger partial charge in [-0.15, -0.1) is 0 Å². The summed E-state index contributed by atoms with van der Waals surface area (Å²) in [6, 6.07) is 2.86. The van der Waals surface area contributed by atoms with Gasteiger partial charge in [0.05, 0.1) is 0 Å². The zero-order valence-electron chi connectivity index (χ0n) is 14.2. The second kappa shape index (κ2) is 7.75. The van der Waals surface area contributed by atoms with Gasteiger partial charge in [0.15, 0.2) is 0 Å². The molecular formula is C18H32N2S. The van der Waals surface area contributed by atoms with E-state index in [4.69, 9.17) is 0 Å². The van der Waals surface area contributed by atoms with Crippen LogP contribution >= 0.6 is 11.3 Å². The van der Waals surface area contributed by atoms with Crippen molar-refractivity contribution in [3.63, 3.8) is 0 Å². The number of nitrogens with one attached hydrogen (secondary N) is 1. The second-order valence-corrected chi connectivity index (χ2v) is 7.80. The molecule has 0 amide bonds. The van der Waals surface area contributed by atoms with Gasteiger partial charge in [0.1, 0.15) is 0 Å². The highest BCUT2D eigenvalue weighted by atomic mass is 32.1. The van der Waals surface area contributed by atoms with Gasteiger partial charge in [0, 0.05) is 11.6 Å². The highest BCUT2D eigenvalue weighted by Gasteiger charge is 2.42. The van der Waals surface area contributed by atoms with Gasteiger partial charge >= 0.3 is 0 Å². The van der Waals surface area contributed by atoms with Crippen LogP contribution in [0.2, 0.25) is 0 Å². The van der Waals surface area contributed by atoms with E-state index in [-0.39, 0.29) is 0 Å². The first-order chi connectivity index (χ1) is 10.1. The topological polar surface area (TPSA) is 15.3 Å². The smallest absolute Gasteiger partial charge is 0.0359 e. The highest BCUT2D eigenvalue weighted by Crippen LogP contribution is 2.38. The summed E-state index contributed by atoms with van der Waals surface area (Å²) >= 11 is 1.82. The molecular weight excluding hydrogens is 276 g/mol. The number of hydrogen-bond donors (Lipinski definition) is 1. The molecule has 2 rings (SSSR count). The molecule has 1 aliphatic carbocycles. The van der Waals surface area contributed by atoms with E-state index in [1.165, 1.54) is 37.7 Å². The maximum Gasteiger partial charge on any atom is 0.0359 e. The van der Waals surface area contributed by atoms with Gasteiger partial charge < -0.3 is 10.2 Å². The fourth-order valence-corrected chi connectivity index (χ4v) is 4.47. The van der Waals surface area contributed by atoms with E-state index in [0.717, 1.165) is 18.9 Å². The number of thiophene rings is 1. The van der Waals surface area contributed by atoms with Crippen LogP contribution in [0.3, 0.4) is 0 Å². The minimum atomic E-state index is 0.323. The van der Waals surface area contributed by atoms with Gasteiger partial charge in [0.25, 0.3) is 0 Å². The third kappa shape index (κ3) is 4.08. The number of likely N-dealkylation sites (N-methyl/N-ethyl adjacent to an activating group) is 1. The molecule has 0 bridgehead atoms. The molecule has 1 fully saturated rings. The molecule has 1 aromatic heterocycles. The molecule has 0 spiro atoms. The fraction of sp³-hybridized carbons (Fsp3) is 0.778. The molecule has 0 aliphatic heterocycles. The molecule has 1 aliphatic rings. The number of hydrogen-bond acceptors (Lipinski definition) is 3. The maximum atomic E-state index is 3.88. The van der Waals surface area contributed by atoms with Gasteiger partial charge in [-0.05, 0) is 87.5 Å². The van der Waals surface area contributed by atoms with E-state index >= 15 is 0 Å². The Kier molecular flexibility index (Phi) is 6.27. The van der Waals surface area contributed by atoms with Crippen LogP contribution in [0.5, 0.6) is 0 Å². The predicted octanol–water partition coefficient (Wildman–Crippen LogP) is 4.17. The van der Waals surface area contributed by atoms with E-state index in [0.29, 0.717) is 11.6 Å². The molecule has 2 nitrogen and oxygen atoms in total. The van der Waals surface area contributed by atoms with Crippen LogP contribution in [0.4, 0.5) is 0 Å². The SMILES string of the molecule is CCCNC(Cc1ccsc1)C1(N(C)C)CCC(C)CC1. The lowest BCUT2D eigenvalue weighted by Gasteiger charge is -2.50.